The summed E-state index contributed by atoms with van der Waals surface area (Å²) in [5.74, 6) is -2.02. The summed E-state index contributed by atoms with van der Waals surface area (Å²) in [6, 6.07) is 2.47. The van der Waals surface area contributed by atoms with Crippen LogP contribution < -0.4 is 0 Å². The molecule has 0 heterocycles. The first kappa shape index (κ1) is 14.2. The first-order valence-corrected chi connectivity index (χ1v) is 5.06. The Labute approximate surface area is 101 Å². The molecule has 0 aromatic heterocycles. The number of alkyl halides is 3. The summed E-state index contributed by atoms with van der Waals surface area (Å²) in [6.45, 7) is 1.77. The second-order valence-electron chi connectivity index (χ2n) is 3.32. The van der Waals surface area contributed by atoms with E-state index in [1.165, 1.54) is 0 Å². The van der Waals surface area contributed by atoms with Gasteiger partial charge in [0.25, 0.3) is 0 Å². The van der Waals surface area contributed by atoms with Gasteiger partial charge in [-0.25, -0.2) is 9.18 Å². The maximum absolute atomic E-state index is 12.9. The standard InChI is InChI=1S/C12H10F4O2/c1-2-18-11(17)6-4-8-3-5-10(13)9(7-8)12(14,15)16/h3-7H,2H2,1H3. The lowest BCUT2D eigenvalue weighted by Gasteiger charge is -2.08. The molecule has 0 N–H and O–H groups in total. The average Bonchev–Trinajstić information content (AvgIpc) is 2.27. The van der Waals surface area contributed by atoms with Crippen molar-refractivity contribution >= 4 is 12.0 Å². The normalized spacial score (nSPS) is 11.8. The highest BCUT2D eigenvalue weighted by Crippen LogP contribution is 2.32. The van der Waals surface area contributed by atoms with Crippen LogP contribution in [-0.2, 0) is 15.7 Å². The molecule has 0 fully saturated rings. The van der Waals surface area contributed by atoms with Gasteiger partial charge >= 0.3 is 12.1 Å². The number of esters is 1. The molecule has 1 rings (SSSR count). The molecule has 0 saturated carbocycles. The fraction of sp³-hybridized carbons (Fsp3) is 0.250. The lowest BCUT2D eigenvalue weighted by atomic mass is 10.1. The summed E-state index contributed by atoms with van der Waals surface area (Å²) in [7, 11) is 0. The quantitative estimate of drug-likeness (QED) is 0.474. The predicted molar refractivity (Wildman–Crippen MR) is 57.1 cm³/mol. The predicted octanol–water partition coefficient (Wildman–Crippen LogP) is 3.42. The topological polar surface area (TPSA) is 26.3 Å². The zero-order valence-corrected chi connectivity index (χ0v) is 9.42. The molecular formula is C12H10F4O2. The molecule has 0 aliphatic heterocycles. The van der Waals surface area contributed by atoms with Gasteiger partial charge in [-0.2, -0.15) is 13.2 Å². The van der Waals surface area contributed by atoms with Crippen LogP contribution in [0.2, 0.25) is 0 Å². The number of carbonyl (C=O) groups excluding carboxylic acids is 1. The van der Waals surface area contributed by atoms with Gasteiger partial charge < -0.3 is 4.74 Å². The molecule has 0 saturated heterocycles. The maximum Gasteiger partial charge on any atom is 0.419 e. The third kappa shape index (κ3) is 3.87. The van der Waals surface area contributed by atoms with Gasteiger partial charge in [0.05, 0.1) is 12.2 Å². The highest BCUT2D eigenvalue weighted by Gasteiger charge is 2.33. The number of rotatable bonds is 3. The highest BCUT2D eigenvalue weighted by molar-refractivity contribution is 5.87. The van der Waals surface area contributed by atoms with E-state index in [-0.39, 0.29) is 12.2 Å². The molecule has 1 aromatic rings. The summed E-state index contributed by atoms with van der Waals surface area (Å²) in [5.41, 5.74) is -1.30. The van der Waals surface area contributed by atoms with Crippen LogP contribution in [-0.4, -0.2) is 12.6 Å². The fourth-order valence-corrected chi connectivity index (χ4v) is 1.22. The first-order chi connectivity index (χ1) is 8.34. The monoisotopic (exact) mass is 262 g/mol. The number of benzene rings is 1. The van der Waals surface area contributed by atoms with Crippen molar-refractivity contribution in [2.24, 2.45) is 0 Å². The van der Waals surface area contributed by atoms with E-state index in [9.17, 15) is 22.4 Å². The molecule has 0 bridgehead atoms. The maximum atomic E-state index is 12.9. The van der Waals surface area contributed by atoms with E-state index < -0.39 is 23.5 Å². The Hall–Kier alpha value is -1.85. The van der Waals surface area contributed by atoms with Crippen LogP contribution in [0.4, 0.5) is 17.6 Å². The zero-order chi connectivity index (χ0) is 13.8. The van der Waals surface area contributed by atoms with E-state index in [1.807, 2.05) is 0 Å². The van der Waals surface area contributed by atoms with Crippen molar-refractivity contribution in [1.29, 1.82) is 0 Å². The molecule has 18 heavy (non-hydrogen) atoms. The average molecular weight is 262 g/mol. The van der Waals surface area contributed by atoms with E-state index >= 15 is 0 Å². The van der Waals surface area contributed by atoms with Crippen molar-refractivity contribution in [3.63, 3.8) is 0 Å². The molecule has 0 aliphatic rings. The van der Waals surface area contributed by atoms with Crippen molar-refractivity contribution in [3.8, 4) is 0 Å². The molecule has 0 amide bonds. The molecular weight excluding hydrogens is 252 g/mol. The molecule has 98 valence electrons. The SMILES string of the molecule is CCOC(=O)C=Cc1ccc(F)c(C(F)(F)F)c1. The Bertz CT molecular complexity index is 464. The van der Waals surface area contributed by atoms with Crippen LogP contribution in [0.15, 0.2) is 24.3 Å². The fourth-order valence-electron chi connectivity index (χ4n) is 1.22. The van der Waals surface area contributed by atoms with Crippen LogP contribution in [0.1, 0.15) is 18.1 Å². The van der Waals surface area contributed by atoms with Gasteiger partial charge in [0.1, 0.15) is 5.82 Å². The van der Waals surface area contributed by atoms with Crippen molar-refractivity contribution in [1.82, 2.24) is 0 Å². The summed E-state index contributed by atoms with van der Waals surface area (Å²) < 4.78 is 54.7. The van der Waals surface area contributed by atoms with Crippen molar-refractivity contribution in [2.45, 2.75) is 13.1 Å². The molecule has 0 atom stereocenters. The van der Waals surface area contributed by atoms with Crippen molar-refractivity contribution in [3.05, 3.63) is 41.2 Å². The van der Waals surface area contributed by atoms with Crippen molar-refractivity contribution in [2.75, 3.05) is 6.61 Å². The van der Waals surface area contributed by atoms with E-state index in [0.717, 1.165) is 18.2 Å². The Balaban J connectivity index is 2.96. The molecule has 0 radical (unpaired) electrons. The van der Waals surface area contributed by atoms with Crippen LogP contribution >= 0.6 is 0 Å². The van der Waals surface area contributed by atoms with Gasteiger partial charge in [0.2, 0.25) is 0 Å². The largest absolute Gasteiger partial charge is 0.463 e. The molecule has 0 aliphatic carbocycles. The minimum atomic E-state index is -4.77. The Morgan fingerprint density at radius 1 is 1.39 bits per heavy atom. The van der Waals surface area contributed by atoms with E-state index in [0.29, 0.717) is 12.1 Å². The smallest absolute Gasteiger partial charge is 0.419 e. The van der Waals surface area contributed by atoms with Gasteiger partial charge in [-0.3, -0.25) is 0 Å². The minimum Gasteiger partial charge on any atom is -0.463 e. The van der Waals surface area contributed by atoms with Gasteiger partial charge in [-0.1, -0.05) is 6.07 Å². The number of carbonyl (C=O) groups is 1. The second-order valence-corrected chi connectivity index (χ2v) is 3.32. The molecule has 0 spiro atoms. The van der Waals surface area contributed by atoms with Gasteiger partial charge in [-0.05, 0) is 30.7 Å². The van der Waals surface area contributed by atoms with Crippen LogP contribution in [0.3, 0.4) is 0 Å². The number of ether oxygens (including phenoxy) is 1. The summed E-state index contributed by atoms with van der Waals surface area (Å²) in [6.07, 6.45) is -2.65. The Kier molecular flexibility index (Phi) is 4.47. The van der Waals surface area contributed by atoms with Gasteiger partial charge in [0.15, 0.2) is 0 Å². The van der Waals surface area contributed by atoms with Gasteiger partial charge in [-0.15, -0.1) is 0 Å². The summed E-state index contributed by atoms with van der Waals surface area (Å²) in [5, 5.41) is 0. The molecule has 0 unspecified atom stereocenters. The minimum absolute atomic E-state index is 0.0665. The first-order valence-electron chi connectivity index (χ1n) is 5.06. The number of hydrogen-bond acceptors (Lipinski definition) is 2. The van der Waals surface area contributed by atoms with Crippen molar-refractivity contribution < 1.29 is 27.1 Å². The lowest BCUT2D eigenvalue weighted by Crippen LogP contribution is -2.08. The third-order valence-electron chi connectivity index (χ3n) is 1.99. The molecule has 1 aromatic carbocycles. The van der Waals surface area contributed by atoms with E-state index in [1.54, 1.807) is 6.92 Å². The second kappa shape index (κ2) is 5.66. The third-order valence-corrected chi connectivity index (χ3v) is 1.99. The van der Waals surface area contributed by atoms with Crippen LogP contribution in [0.25, 0.3) is 6.08 Å². The van der Waals surface area contributed by atoms with Gasteiger partial charge in [0, 0.05) is 6.08 Å². The number of halogens is 4. The Morgan fingerprint density at radius 3 is 2.61 bits per heavy atom. The molecule has 6 heteroatoms. The Morgan fingerprint density at radius 2 is 2.06 bits per heavy atom. The van der Waals surface area contributed by atoms with Crippen LogP contribution in [0, 0.1) is 5.82 Å². The zero-order valence-electron chi connectivity index (χ0n) is 9.42. The summed E-state index contributed by atoms with van der Waals surface area (Å²) in [4.78, 5) is 11.0. The van der Waals surface area contributed by atoms with Crippen LogP contribution in [0.5, 0.6) is 0 Å². The molecule has 2 nitrogen and oxygen atoms in total. The van der Waals surface area contributed by atoms with E-state index in [4.69, 9.17) is 0 Å². The summed E-state index contributed by atoms with van der Waals surface area (Å²) >= 11 is 0. The lowest BCUT2D eigenvalue weighted by molar-refractivity contribution is -0.140. The van der Waals surface area contributed by atoms with E-state index in [2.05, 4.69) is 4.74 Å². The number of hydrogen-bond donors (Lipinski definition) is 0. The highest BCUT2D eigenvalue weighted by atomic mass is 19.4.